The third kappa shape index (κ3) is 5.33. The van der Waals surface area contributed by atoms with Gasteiger partial charge in [-0.2, -0.15) is 0 Å². The fraction of sp³-hybridized carbons (Fsp3) is 0.667. The van der Waals surface area contributed by atoms with E-state index in [1.807, 2.05) is 0 Å². The molecule has 0 spiro atoms. The summed E-state index contributed by atoms with van der Waals surface area (Å²) in [6.45, 7) is 5.51. The Hall–Kier alpha value is -1.93. The smallest absolute Gasteiger partial charge is 0.347 e. The molecule has 0 N–H and O–H groups in total. The minimum absolute atomic E-state index is 0.0394. The van der Waals surface area contributed by atoms with Gasteiger partial charge in [-0.05, 0) is 12.8 Å². The van der Waals surface area contributed by atoms with Gasteiger partial charge >= 0.3 is 11.9 Å². The number of amides is 1. The van der Waals surface area contributed by atoms with E-state index in [1.165, 1.54) is 14.2 Å². The van der Waals surface area contributed by atoms with Crippen molar-refractivity contribution in [3.05, 3.63) is 12.3 Å². The first kappa shape index (κ1) is 19.1. The maximum atomic E-state index is 12.1. The number of esters is 1. The van der Waals surface area contributed by atoms with Gasteiger partial charge in [-0.25, -0.2) is 4.79 Å². The van der Waals surface area contributed by atoms with Crippen molar-refractivity contribution in [2.75, 3.05) is 27.4 Å². The molecule has 8 heteroatoms. The molecule has 1 heterocycles. The van der Waals surface area contributed by atoms with Crippen LogP contribution in [0.3, 0.4) is 0 Å². The number of ether oxygens (including phenoxy) is 3. The molecule has 130 valence electrons. The third-order valence-corrected chi connectivity index (χ3v) is 3.40. The summed E-state index contributed by atoms with van der Waals surface area (Å²) in [5, 5.41) is 0.848. The number of carbonyl (C=O) groups excluding carboxylic acids is 3. The molecule has 1 aliphatic heterocycles. The fourth-order valence-corrected chi connectivity index (χ4v) is 1.98. The molecule has 1 amide bonds. The highest BCUT2D eigenvalue weighted by molar-refractivity contribution is 5.95. The summed E-state index contributed by atoms with van der Waals surface area (Å²) in [5.74, 6) is -3.04. The van der Waals surface area contributed by atoms with Crippen molar-refractivity contribution in [3.8, 4) is 0 Å². The Morgan fingerprint density at radius 3 is 2.39 bits per heavy atom. The average molecular weight is 329 g/mol. The van der Waals surface area contributed by atoms with Crippen LogP contribution in [0.1, 0.15) is 26.2 Å². The second-order valence-corrected chi connectivity index (χ2v) is 5.07. The van der Waals surface area contributed by atoms with Gasteiger partial charge < -0.3 is 19.0 Å². The monoisotopic (exact) mass is 329 g/mol. The van der Waals surface area contributed by atoms with Crippen molar-refractivity contribution in [2.45, 2.75) is 32.3 Å². The van der Waals surface area contributed by atoms with E-state index in [2.05, 4.69) is 6.58 Å². The van der Waals surface area contributed by atoms with E-state index in [9.17, 15) is 14.4 Å². The van der Waals surface area contributed by atoms with Crippen molar-refractivity contribution in [1.29, 1.82) is 0 Å². The number of methoxy groups -OCH3 is 2. The van der Waals surface area contributed by atoms with Crippen LogP contribution in [0.2, 0.25) is 0 Å². The van der Waals surface area contributed by atoms with Crippen LogP contribution >= 0.6 is 0 Å². The van der Waals surface area contributed by atoms with E-state index in [1.54, 1.807) is 6.92 Å². The molecule has 2 atom stereocenters. The first-order valence-electron chi connectivity index (χ1n) is 7.35. The van der Waals surface area contributed by atoms with Gasteiger partial charge in [0.15, 0.2) is 5.92 Å². The molecule has 0 radical (unpaired) electrons. The minimum atomic E-state index is -1.11. The van der Waals surface area contributed by atoms with Gasteiger partial charge in [-0.3, -0.25) is 9.59 Å². The van der Waals surface area contributed by atoms with Crippen LogP contribution in [0.5, 0.6) is 0 Å². The summed E-state index contributed by atoms with van der Waals surface area (Å²) < 4.78 is 15.0. The lowest BCUT2D eigenvalue weighted by molar-refractivity contribution is -0.194. The van der Waals surface area contributed by atoms with Crippen molar-refractivity contribution in [1.82, 2.24) is 5.06 Å². The number of hydrogen-bond acceptors (Lipinski definition) is 7. The van der Waals surface area contributed by atoms with Gasteiger partial charge in [0.1, 0.15) is 12.7 Å². The largest absolute Gasteiger partial charge is 0.462 e. The highest BCUT2D eigenvalue weighted by Crippen LogP contribution is 2.22. The van der Waals surface area contributed by atoms with Crippen LogP contribution in [-0.2, 0) is 33.4 Å². The van der Waals surface area contributed by atoms with Crippen molar-refractivity contribution in [3.63, 3.8) is 0 Å². The summed E-state index contributed by atoms with van der Waals surface area (Å²) in [6, 6.07) is 0. The standard InChI is InChI=1S/C15H23NO7/c1-5-12(14(18)22-9-11(21-4)8-20-3)15(19)23-16-10(2)6-7-13(16)17/h11-12H,2,5-9H2,1,3-4H3. The van der Waals surface area contributed by atoms with E-state index in [0.29, 0.717) is 12.1 Å². The first-order valence-corrected chi connectivity index (χ1v) is 7.35. The Balaban J connectivity index is 2.56. The van der Waals surface area contributed by atoms with Crippen LogP contribution in [0.4, 0.5) is 0 Å². The van der Waals surface area contributed by atoms with Crippen LogP contribution in [-0.4, -0.2) is 56.4 Å². The number of hydrogen-bond donors (Lipinski definition) is 0. The second-order valence-electron chi connectivity index (χ2n) is 5.07. The topological polar surface area (TPSA) is 91.4 Å². The zero-order valence-electron chi connectivity index (χ0n) is 13.7. The number of nitrogens with zero attached hydrogens (tertiary/aromatic N) is 1. The molecular weight excluding hydrogens is 306 g/mol. The maximum Gasteiger partial charge on any atom is 0.347 e. The molecule has 0 aromatic rings. The van der Waals surface area contributed by atoms with Crippen molar-refractivity contribution < 1.29 is 33.4 Å². The molecule has 23 heavy (non-hydrogen) atoms. The Morgan fingerprint density at radius 2 is 1.91 bits per heavy atom. The highest BCUT2D eigenvalue weighted by Gasteiger charge is 2.34. The average Bonchev–Trinajstić information content (AvgIpc) is 2.84. The van der Waals surface area contributed by atoms with Gasteiger partial charge in [0.05, 0.1) is 12.3 Å². The van der Waals surface area contributed by atoms with E-state index >= 15 is 0 Å². The Bertz CT molecular complexity index is 447. The summed E-state index contributed by atoms with van der Waals surface area (Å²) in [6.07, 6.45) is 0.436. The molecule has 0 bridgehead atoms. The Labute approximate surface area is 135 Å². The molecular formula is C15H23NO7. The summed E-state index contributed by atoms with van der Waals surface area (Å²) in [5.41, 5.74) is 0.395. The first-order chi connectivity index (χ1) is 10.9. The van der Waals surface area contributed by atoms with Crippen LogP contribution in [0.15, 0.2) is 12.3 Å². The molecule has 1 aliphatic rings. The quantitative estimate of drug-likeness (QED) is 0.456. The van der Waals surface area contributed by atoms with Gasteiger partial charge in [0, 0.05) is 20.6 Å². The lowest BCUT2D eigenvalue weighted by Gasteiger charge is -2.20. The molecule has 2 unspecified atom stereocenters. The number of hydroxylamine groups is 2. The maximum absolute atomic E-state index is 12.1. The number of carbonyl (C=O) groups is 3. The van der Waals surface area contributed by atoms with Crippen molar-refractivity contribution >= 4 is 17.8 Å². The van der Waals surface area contributed by atoms with Gasteiger partial charge in [-0.1, -0.05) is 13.5 Å². The van der Waals surface area contributed by atoms with E-state index in [4.69, 9.17) is 19.0 Å². The van der Waals surface area contributed by atoms with E-state index < -0.39 is 24.0 Å². The van der Waals surface area contributed by atoms with Crippen LogP contribution < -0.4 is 0 Å². The second kappa shape index (κ2) is 9.26. The van der Waals surface area contributed by atoms with E-state index in [-0.39, 0.29) is 32.0 Å². The highest BCUT2D eigenvalue weighted by atomic mass is 16.7. The zero-order valence-corrected chi connectivity index (χ0v) is 13.7. The summed E-state index contributed by atoms with van der Waals surface area (Å²) in [7, 11) is 2.97. The Kier molecular flexibility index (Phi) is 7.70. The van der Waals surface area contributed by atoms with Gasteiger partial charge in [-0.15, -0.1) is 5.06 Å². The summed E-state index contributed by atoms with van der Waals surface area (Å²) in [4.78, 5) is 40.7. The lowest BCUT2D eigenvalue weighted by Crippen LogP contribution is -2.35. The van der Waals surface area contributed by atoms with Crippen LogP contribution in [0.25, 0.3) is 0 Å². The third-order valence-electron chi connectivity index (χ3n) is 3.40. The van der Waals surface area contributed by atoms with Gasteiger partial charge in [0.25, 0.3) is 5.91 Å². The minimum Gasteiger partial charge on any atom is -0.462 e. The zero-order chi connectivity index (χ0) is 17.4. The van der Waals surface area contributed by atoms with Crippen LogP contribution in [0, 0.1) is 5.92 Å². The normalized spacial score (nSPS) is 17.1. The fourth-order valence-electron chi connectivity index (χ4n) is 1.98. The molecule has 0 aromatic carbocycles. The number of rotatable bonds is 9. The molecule has 1 rings (SSSR count). The molecule has 0 saturated carbocycles. The Morgan fingerprint density at radius 1 is 1.22 bits per heavy atom. The molecule has 0 aliphatic carbocycles. The SMILES string of the molecule is C=C1CCC(=O)N1OC(=O)C(CC)C(=O)OCC(COC)OC. The molecule has 1 fully saturated rings. The molecule has 0 aromatic heterocycles. The predicted octanol–water partition coefficient (Wildman–Crippen LogP) is 0.811. The number of allylic oxidation sites excluding steroid dienone is 1. The predicted molar refractivity (Wildman–Crippen MR) is 78.7 cm³/mol. The molecule has 8 nitrogen and oxygen atoms in total. The summed E-state index contributed by atoms with van der Waals surface area (Å²) >= 11 is 0. The van der Waals surface area contributed by atoms with Gasteiger partial charge in [0.2, 0.25) is 0 Å². The van der Waals surface area contributed by atoms with Crippen molar-refractivity contribution in [2.24, 2.45) is 5.92 Å². The molecule has 1 saturated heterocycles. The van der Waals surface area contributed by atoms with E-state index in [0.717, 1.165) is 5.06 Å². The lowest BCUT2D eigenvalue weighted by atomic mass is 10.1.